The van der Waals surface area contributed by atoms with Gasteiger partial charge in [0.2, 0.25) is 0 Å². The Morgan fingerprint density at radius 3 is 2.68 bits per heavy atom. The van der Waals surface area contributed by atoms with Crippen molar-refractivity contribution in [2.75, 3.05) is 12.4 Å². The van der Waals surface area contributed by atoms with E-state index in [2.05, 4.69) is 5.32 Å². The number of hydrogen-bond donors (Lipinski definition) is 2. The second-order valence-corrected chi connectivity index (χ2v) is 6.12. The molecule has 0 aliphatic carbocycles. The Balaban J connectivity index is 1.85. The van der Waals surface area contributed by atoms with Crippen molar-refractivity contribution in [1.82, 2.24) is 0 Å². The average Bonchev–Trinajstić information content (AvgIpc) is 3.17. The Morgan fingerprint density at radius 2 is 2.04 bits per heavy atom. The van der Waals surface area contributed by atoms with Crippen LogP contribution in [0, 0.1) is 10.1 Å². The standard InChI is InChI=1S/C19H15ClN2O6/c1-27-18-9-12(3-5-14(18)17-7-4-13(10-23)28-17)21-19(24)11-2-6-15(20)16(8-11)22(25)26/h2-9,23H,10H2,1H3,(H,21,24). The molecule has 0 saturated carbocycles. The van der Waals surface area contributed by atoms with Gasteiger partial charge in [-0.3, -0.25) is 14.9 Å². The summed E-state index contributed by atoms with van der Waals surface area (Å²) in [5.41, 5.74) is 0.817. The fourth-order valence-electron chi connectivity index (χ4n) is 2.58. The number of carbonyl (C=O) groups is 1. The Hall–Kier alpha value is -3.36. The molecule has 0 bridgehead atoms. The predicted molar refractivity (Wildman–Crippen MR) is 103 cm³/mol. The van der Waals surface area contributed by atoms with Gasteiger partial charge < -0.3 is 19.6 Å². The highest BCUT2D eigenvalue weighted by Gasteiger charge is 2.17. The summed E-state index contributed by atoms with van der Waals surface area (Å²) in [6.07, 6.45) is 0. The van der Waals surface area contributed by atoms with Gasteiger partial charge in [-0.25, -0.2) is 0 Å². The summed E-state index contributed by atoms with van der Waals surface area (Å²) in [4.78, 5) is 22.8. The number of ether oxygens (including phenoxy) is 1. The van der Waals surface area contributed by atoms with Crippen LogP contribution in [-0.4, -0.2) is 23.0 Å². The van der Waals surface area contributed by atoms with Crippen molar-refractivity contribution in [1.29, 1.82) is 0 Å². The van der Waals surface area contributed by atoms with E-state index in [1.807, 2.05) is 0 Å². The minimum absolute atomic E-state index is 0.0479. The molecule has 0 fully saturated rings. The van der Waals surface area contributed by atoms with Crippen LogP contribution in [0.15, 0.2) is 52.9 Å². The van der Waals surface area contributed by atoms with E-state index in [4.69, 9.17) is 25.9 Å². The Morgan fingerprint density at radius 1 is 1.25 bits per heavy atom. The molecule has 1 amide bonds. The summed E-state index contributed by atoms with van der Waals surface area (Å²) in [6, 6.07) is 12.1. The number of aliphatic hydroxyl groups is 1. The molecular weight excluding hydrogens is 388 g/mol. The monoisotopic (exact) mass is 402 g/mol. The first-order valence-electron chi connectivity index (χ1n) is 8.06. The molecule has 0 saturated heterocycles. The van der Waals surface area contributed by atoms with Gasteiger partial charge >= 0.3 is 0 Å². The highest BCUT2D eigenvalue weighted by Crippen LogP contribution is 2.34. The van der Waals surface area contributed by atoms with Crippen molar-refractivity contribution in [3.63, 3.8) is 0 Å². The van der Waals surface area contributed by atoms with Gasteiger partial charge in [0, 0.05) is 23.4 Å². The van der Waals surface area contributed by atoms with Crippen molar-refractivity contribution in [3.05, 3.63) is 75.0 Å². The van der Waals surface area contributed by atoms with Crippen LogP contribution in [0.5, 0.6) is 5.75 Å². The van der Waals surface area contributed by atoms with Crippen LogP contribution in [-0.2, 0) is 6.61 Å². The third-order valence-electron chi connectivity index (χ3n) is 3.95. The molecule has 0 atom stereocenters. The van der Waals surface area contributed by atoms with Crippen LogP contribution in [0.25, 0.3) is 11.3 Å². The van der Waals surface area contributed by atoms with Crippen molar-refractivity contribution in [2.45, 2.75) is 6.61 Å². The van der Waals surface area contributed by atoms with E-state index in [-0.39, 0.29) is 22.9 Å². The molecule has 0 spiro atoms. The number of benzene rings is 2. The van der Waals surface area contributed by atoms with Crippen molar-refractivity contribution in [3.8, 4) is 17.1 Å². The van der Waals surface area contributed by atoms with Crippen molar-refractivity contribution in [2.24, 2.45) is 0 Å². The van der Waals surface area contributed by atoms with Gasteiger partial charge in [0.15, 0.2) is 0 Å². The molecule has 9 heteroatoms. The van der Waals surface area contributed by atoms with E-state index < -0.39 is 10.8 Å². The van der Waals surface area contributed by atoms with E-state index in [1.54, 1.807) is 30.3 Å². The van der Waals surface area contributed by atoms with Crippen LogP contribution in [0.1, 0.15) is 16.1 Å². The molecule has 144 valence electrons. The largest absolute Gasteiger partial charge is 0.496 e. The predicted octanol–water partition coefficient (Wildman–Crippen LogP) is 4.26. The number of anilines is 1. The molecule has 2 aromatic carbocycles. The Labute approximate surface area is 164 Å². The minimum atomic E-state index is -0.652. The Bertz CT molecular complexity index is 1050. The topological polar surface area (TPSA) is 115 Å². The summed E-state index contributed by atoms with van der Waals surface area (Å²) < 4.78 is 10.9. The quantitative estimate of drug-likeness (QED) is 0.470. The fraction of sp³-hybridized carbons (Fsp3) is 0.105. The molecule has 0 unspecified atom stereocenters. The number of nitrogens with zero attached hydrogens (tertiary/aromatic N) is 1. The molecule has 0 radical (unpaired) electrons. The van der Waals surface area contributed by atoms with Crippen molar-refractivity contribution < 1.29 is 24.0 Å². The zero-order chi connectivity index (χ0) is 20.3. The lowest BCUT2D eigenvalue weighted by atomic mass is 10.1. The molecule has 0 aliphatic rings. The van der Waals surface area contributed by atoms with Crippen molar-refractivity contribution >= 4 is 28.9 Å². The fourth-order valence-corrected chi connectivity index (χ4v) is 2.76. The zero-order valence-electron chi connectivity index (χ0n) is 14.6. The van der Waals surface area contributed by atoms with Crippen LogP contribution in [0.3, 0.4) is 0 Å². The van der Waals surface area contributed by atoms with E-state index in [0.29, 0.717) is 28.5 Å². The number of nitro benzene ring substituents is 1. The van der Waals surface area contributed by atoms with Crippen LogP contribution in [0.4, 0.5) is 11.4 Å². The van der Waals surface area contributed by atoms with Gasteiger partial charge in [-0.15, -0.1) is 0 Å². The molecule has 1 aromatic heterocycles. The normalized spacial score (nSPS) is 10.5. The zero-order valence-corrected chi connectivity index (χ0v) is 15.4. The maximum Gasteiger partial charge on any atom is 0.288 e. The number of furan rings is 1. The smallest absolute Gasteiger partial charge is 0.288 e. The van der Waals surface area contributed by atoms with Gasteiger partial charge in [-0.1, -0.05) is 11.6 Å². The van der Waals surface area contributed by atoms with E-state index >= 15 is 0 Å². The minimum Gasteiger partial charge on any atom is -0.496 e. The van der Waals surface area contributed by atoms with Gasteiger partial charge in [-0.05, 0) is 36.4 Å². The number of rotatable bonds is 6. The van der Waals surface area contributed by atoms with E-state index in [1.165, 1.54) is 19.2 Å². The number of nitro groups is 1. The lowest BCUT2D eigenvalue weighted by Crippen LogP contribution is -2.12. The van der Waals surface area contributed by atoms with Gasteiger partial charge in [0.25, 0.3) is 11.6 Å². The number of carbonyl (C=O) groups excluding carboxylic acids is 1. The molecule has 3 aromatic rings. The first kappa shape index (κ1) is 19.4. The summed E-state index contributed by atoms with van der Waals surface area (Å²) >= 11 is 5.77. The number of hydrogen-bond acceptors (Lipinski definition) is 6. The summed E-state index contributed by atoms with van der Waals surface area (Å²) in [6.45, 7) is -0.219. The summed E-state index contributed by atoms with van der Waals surface area (Å²) in [5.74, 6) is 0.833. The van der Waals surface area contributed by atoms with Crippen LogP contribution in [0.2, 0.25) is 5.02 Å². The maximum atomic E-state index is 12.4. The van der Waals surface area contributed by atoms with Gasteiger partial charge in [-0.2, -0.15) is 0 Å². The molecule has 28 heavy (non-hydrogen) atoms. The van der Waals surface area contributed by atoms with Crippen LogP contribution >= 0.6 is 11.6 Å². The molecule has 0 aliphatic heterocycles. The highest BCUT2D eigenvalue weighted by atomic mass is 35.5. The number of halogens is 1. The average molecular weight is 403 g/mol. The first-order valence-corrected chi connectivity index (χ1v) is 8.44. The van der Waals surface area contributed by atoms with Gasteiger partial charge in [0.05, 0.1) is 17.6 Å². The molecular formula is C19H15ClN2O6. The lowest BCUT2D eigenvalue weighted by molar-refractivity contribution is -0.384. The SMILES string of the molecule is COc1cc(NC(=O)c2ccc(Cl)c([N+](=O)[O-])c2)ccc1-c1ccc(CO)o1. The van der Waals surface area contributed by atoms with E-state index in [9.17, 15) is 14.9 Å². The maximum absolute atomic E-state index is 12.4. The lowest BCUT2D eigenvalue weighted by Gasteiger charge is -2.10. The Kier molecular flexibility index (Phi) is 5.62. The molecule has 2 N–H and O–H groups in total. The summed E-state index contributed by atoms with van der Waals surface area (Å²) in [5, 5.41) is 22.7. The molecule has 3 rings (SSSR count). The highest BCUT2D eigenvalue weighted by molar-refractivity contribution is 6.32. The second kappa shape index (κ2) is 8.12. The first-order chi connectivity index (χ1) is 13.4. The van der Waals surface area contributed by atoms with Crippen LogP contribution < -0.4 is 10.1 Å². The third kappa shape index (κ3) is 3.98. The molecule has 1 heterocycles. The second-order valence-electron chi connectivity index (χ2n) is 5.72. The third-order valence-corrected chi connectivity index (χ3v) is 4.27. The number of aliphatic hydroxyl groups excluding tert-OH is 1. The number of nitrogens with one attached hydrogen (secondary N) is 1. The number of amides is 1. The van der Waals surface area contributed by atoms with Gasteiger partial charge in [0.1, 0.15) is 28.9 Å². The number of methoxy groups -OCH3 is 1. The summed E-state index contributed by atoms with van der Waals surface area (Å²) in [7, 11) is 1.48. The molecule has 8 nitrogen and oxygen atoms in total. The van der Waals surface area contributed by atoms with E-state index in [0.717, 1.165) is 6.07 Å².